The number of hydrogen-bond donors (Lipinski definition) is 0. The lowest BCUT2D eigenvalue weighted by Crippen LogP contribution is -2.09. The molecular formula is C82H78N4O2S3. The number of anilines is 6. The summed E-state index contributed by atoms with van der Waals surface area (Å²) in [6.07, 6.45) is 22.8. The fourth-order valence-corrected chi connectivity index (χ4v) is 14.3. The molecule has 0 radical (unpaired) electrons. The summed E-state index contributed by atoms with van der Waals surface area (Å²) in [5, 5.41) is 0. The van der Waals surface area contributed by atoms with Crippen LogP contribution in [0.25, 0.3) is 77.1 Å². The maximum atomic E-state index is 7.15. The van der Waals surface area contributed by atoms with Crippen molar-refractivity contribution in [2.24, 2.45) is 0 Å². The number of fused-ring (bicyclic) bond motifs is 1. The predicted molar refractivity (Wildman–Crippen MR) is 393 cm³/mol. The molecule has 3 heterocycles. The fourth-order valence-electron chi connectivity index (χ4n) is 11.6. The first-order valence-corrected chi connectivity index (χ1v) is 34.8. The van der Waals surface area contributed by atoms with Gasteiger partial charge in [-0.25, -0.2) is 0 Å². The molecule has 9 heteroatoms. The van der Waals surface area contributed by atoms with Crippen LogP contribution in [0.2, 0.25) is 0 Å². The zero-order chi connectivity index (χ0) is 61.8. The summed E-state index contributed by atoms with van der Waals surface area (Å²) in [6, 6.07) is 86.4. The summed E-state index contributed by atoms with van der Waals surface area (Å²) in [5.41, 5.74) is 17.2. The molecule has 0 atom stereocenters. The third-order valence-electron chi connectivity index (χ3n) is 16.5. The third-order valence-corrected chi connectivity index (χ3v) is 19.3. The molecule has 91 heavy (non-hydrogen) atoms. The van der Waals surface area contributed by atoms with Crippen LogP contribution >= 0.6 is 34.4 Å². The Labute approximate surface area is 550 Å². The second-order valence-corrected chi connectivity index (χ2v) is 25.7. The Morgan fingerprint density at radius 2 is 0.593 bits per heavy atom. The minimum atomic E-state index is 0.592. The highest BCUT2D eigenvalue weighted by molar-refractivity contribution is 7.19. The highest BCUT2D eigenvalue weighted by Gasteiger charge is 2.29. The van der Waals surface area contributed by atoms with Crippen LogP contribution in [0.3, 0.4) is 0 Å². The second kappa shape index (κ2) is 31.6. The Balaban J connectivity index is 0.806. The van der Waals surface area contributed by atoms with Crippen LogP contribution in [-0.4, -0.2) is 22.0 Å². The van der Waals surface area contributed by atoms with Crippen LogP contribution in [0.1, 0.15) is 113 Å². The summed E-state index contributed by atoms with van der Waals surface area (Å²) >= 11 is 4.80. The lowest BCUT2D eigenvalue weighted by molar-refractivity contribution is 0.260. The average Bonchev–Trinajstić information content (AvgIpc) is 1.69. The van der Waals surface area contributed by atoms with Gasteiger partial charge in [-0.15, -0.1) is 22.7 Å². The van der Waals surface area contributed by atoms with Crippen molar-refractivity contribution in [1.82, 2.24) is 8.75 Å². The molecule has 0 aliphatic rings. The number of ether oxygens (including phenoxy) is 2. The molecule has 6 nitrogen and oxygen atoms in total. The number of para-hydroxylation sites is 4. The number of thiophene rings is 2. The second-order valence-electron chi connectivity index (χ2n) is 23.0. The number of aromatic nitrogens is 2. The first-order chi connectivity index (χ1) is 45.1. The van der Waals surface area contributed by atoms with Crippen molar-refractivity contribution in [1.29, 1.82) is 0 Å². The van der Waals surface area contributed by atoms with E-state index in [1.54, 1.807) is 22.7 Å². The van der Waals surface area contributed by atoms with E-state index in [9.17, 15) is 0 Å². The third kappa shape index (κ3) is 15.7. The van der Waals surface area contributed by atoms with E-state index in [2.05, 4.69) is 291 Å². The van der Waals surface area contributed by atoms with Crippen LogP contribution in [0.4, 0.5) is 34.1 Å². The van der Waals surface area contributed by atoms with Crippen LogP contribution in [-0.2, 0) is 0 Å². The lowest BCUT2D eigenvalue weighted by atomic mass is 10.0. The molecule has 12 rings (SSSR count). The smallest absolute Gasteiger partial charge is 0.172 e. The van der Waals surface area contributed by atoms with E-state index in [-0.39, 0.29) is 0 Å². The van der Waals surface area contributed by atoms with Gasteiger partial charge in [0.15, 0.2) is 11.5 Å². The van der Waals surface area contributed by atoms with Crippen molar-refractivity contribution in [3.8, 4) is 53.3 Å². The van der Waals surface area contributed by atoms with Crippen LogP contribution in [0.5, 0.6) is 11.5 Å². The van der Waals surface area contributed by atoms with Crippen molar-refractivity contribution in [3.05, 3.63) is 265 Å². The molecule has 0 amide bonds. The summed E-state index contributed by atoms with van der Waals surface area (Å²) in [7, 11) is 0. The van der Waals surface area contributed by atoms with Gasteiger partial charge >= 0.3 is 0 Å². The van der Waals surface area contributed by atoms with Gasteiger partial charge in [0.2, 0.25) is 0 Å². The minimum Gasteiger partial charge on any atom is -0.489 e. The molecule has 0 saturated carbocycles. The normalized spacial score (nSPS) is 11.5. The molecule has 0 unspecified atom stereocenters. The predicted octanol–water partition coefficient (Wildman–Crippen LogP) is 25.2. The van der Waals surface area contributed by atoms with E-state index in [1.165, 1.54) is 72.8 Å². The Morgan fingerprint density at radius 3 is 0.923 bits per heavy atom. The minimum absolute atomic E-state index is 0.592. The topological polar surface area (TPSA) is 50.7 Å². The van der Waals surface area contributed by atoms with E-state index in [0.29, 0.717) is 13.2 Å². The molecule has 12 aromatic rings. The van der Waals surface area contributed by atoms with E-state index in [4.69, 9.17) is 18.2 Å². The van der Waals surface area contributed by atoms with Crippen molar-refractivity contribution in [3.63, 3.8) is 0 Å². The van der Waals surface area contributed by atoms with Crippen LogP contribution in [0, 0.1) is 0 Å². The highest BCUT2D eigenvalue weighted by atomic mass is 32.1. The van der Waals surface area contributed by atoms with Crippen molar-refractivity contribution >= 4 is 104 Å². The molecule has 0 saturated heterocycles. The SMILES string of the molecule is CCCCCCCCOc1c(OCCCCCCCC)c(-c2ccc(-c3ccc(/C=C/c4ccc(N(c5ccccc5)c5ccccc5)cc4)cc3)s2)c2nsnc2c1-c1ccc(-c2ccc(/C=C/c3ccc(N(c4ccccc4)c4ccccc4)cc3)cc2)s1. The van der Waals surface area contributed by atoms with Gasteiger partial charge in [-0.2, -0.15) is 8.75 Å². The highest BCUT2D eigenvalue weighted by Crippen LogP contribution is 2.54. The van der Waals surface area contributed by atoms with Gasteiger partial charge in [-0.05, 0) is 143 Å². The zero-order valence-corrected chi connectivity index (χ0v) is 54.6. The van der Waals surface area contributed by atoms with Crippen molar-refractivity contribution < 1.29 is 9.47 Å². The molecule has 9 aromatic carbocycles. The summed E-state index contributed by atoms with van der Waals surface area (Å²) in [5.74, 6) is 1.55. The monoisotopic (exact) mass is 1250 g/mol. The number of unbranched alkanes of at least 4 members (excludes halogenated alkanes) is 10. The number of rotatable bonds is 30. The maximum absolute atomic E-state index is 7.15. The average molecular weight is 1250 g/mol. The van der Waals surface area contributed by atoms with Gasteiger partial charge in [0.25, 0.3) is 0 Å². The molecule has 0 aliphatic heterocycles. The fraction of sp³-hybridized carbons (Fsp3) is 0.195. The van der Waals surface area contributed by atoms with E-state index < -0.39 is 0 Å². The quantitative estimate of drug-likeness (QED) is 0.0330. The van der Waals surface area contributed by atoms with Gasteiger partial charge in [0.05, 0.1) is 36.1 Å². The Bertz CT molecular complexity index is 3880. The van der Waals surface area contributed by atoms with Crippen molar-refractivity contribution in [2.75, 3.05) is 23.0 Å². The zero-order valence-electron chi connectivity index (χ0n) is 52.1. The molecule has 0 aliphatic carbocycles. The Morgan fingerprint density at radius 1 is 0.308 bits per heavy atom. The van der Waals surface area contributed by atoms with Gasteiger partial charge in [0.1, 0.15) is 11.0 Å². The molecule has 0 bridgehead atoms. The van der Waals surface area contributed by atoms with Gasteiger partial charge in [-0.1, -0.05) is 248 Å². The Hall–Kier alpha value is -9.12. The van der Waals surface area contributed by atoms with Crippen LogP contribution in [0.15, 0.2) is 243 Å². The summed E-state index contributed by atoms with van der Waals surface area (Å²) < 4.78 is 24.5. The molecule has 3 aromatic heterocycles. The van der Waals surface area contributed by atoms with Gasteiger partial charge < -0.3 is 19.3 Å². The number of nitrogens with zero attached hydrogens (tertiary/aromatic N) is 4. The lowest BCUT2D eigenvalue weighted by Gasteiger charge is -2.25. The molecule has 0 fully saturated rings. The number of benzene rings is 9. The molecule has 456 valence electrons. The summed E-state index contributed by atoms with van der Waals surface area (Å²) in [6.45, 7) is 5.73. The standard InChI is InChI=1S/C82H78N4O2S3/c1-3-5-7-9-11-25-59-87-81-77(75-57-55-73(89-75)65-47-39-61(40-48-65)35-37-63-43-51-71(52-44-63)85(67-27-17-13-18-28-67)68-29-19-14-20-30-68)79-80(84-91-83-79)78(82(81)88-60-26-12-10-8-6-4-2)76-58-56-74(90-76)66-49-41-62(42-50-66)36-38-64-45-53-72(54-46-64)86(69-31-21-15-22-32-69)70-33-23-16-24-34-70/h13-24,27-58H,3-12,25-26,59-60H2,1-2H3/b37-35+,38-36+. The first-order valence-electron chi connectivity index (χ1n) is 32.4. The Kier molecular flexibility index (Phi) is 21.5. The molecule has 0 spiro atoms. The number of hydrogen-bond acceptors (Lipinski definition) is 9. The van der Waals surface area contributed by atoms with Gasteiger partial charge in [-0.3, -0.25) is 0 Å². The summed E-state index contributed by atoms with van der Waals surface area (Å²) in [4.78, 5) is 9.10. The van der Waals surface area contributed by atoms with E-state index >= 15 is 0 Å². The van der Waals surface area contributed by atoms with Crippen molar-refractivity contribution in [2.45, 2.75) is 90.9 Å². The largest absolute Gasteiger partial charge is 0.489 e. The van der Waals surface area contributed by atoms with E-state index in [0.717, 1.165) is 137 Å². The first kappa shape index (κ1) is 62.1. The molecular weight excluding hydrogens is 1170 g/mol. The van der Waals surface area contributed by atoms with Gasteiger partial charge in [0, 0.05) is 53.6 Å². The maximum Gasteiger partial charge on any atom is 0.172 e. The van der Waals surface area contributed by atoms with Crippen LogP contribution < -0.4 is 19.3 Å². The van der Waals surface area contributed by atoms with E-state index in [1.807, 2.05) is 0 Å². The molecule has 0 N–H and O–H groups in total.